The van der Waals surface area contributed by atoms with Crippen LogP contribution >= 0.6 is 31.9 Å². The smallest absolute Gasteiger partial charge is 0.187 e. The van der Waals surface area contributed by atoms with Gasteiger partial charge in [0.2, 0.25) is 0 Å². The Kier molecular flexibility index (Phi) is 7.76. The second-order valence-corrected chi connectivity index (χ2v) is 8.11. The van der Waals surface area contributed by atoms with Gasteiger partial charge in [-0.05, 0) is 72.8 Å². The molecule has 2 N–H and O–H groups in total. The summed E-state index contributed by atoms with van der Waals surface area (Å²) in [4.78, 5) is 24.2. The molecular formula is C24H18Br2N2O2. The van der Waals surface area contributed by atoms with Gasteiger partial charge < -0.3 is 10.6 Å². The Morgan fingerprint density at radius 2 is 0.900 bits per heavy atom. The number of anilines is 2. The summed E-state index contributed by atoms with van der Waals surface area (Å²) >= 11 is 6.70. The highest BCUT2D eigenvalue weighted by molar-refractivity contribution is 9.10. The number of benzene rings is 3. The lowest BCUT2D eigenvalue weighted by Crippen LogP contribution is -1.97. The van der Waals surface area contributed by atoms with Crippen LogP contribution < -0.4 is 10.6 Å². The van der Waals surface area contributed by atoms with Gasteiger partial charge in [0.05, 0.1) is 0 Å². The van der Waals surface area contributed by atoms with E-state index in [2.05, 4.69) is 42.5 Å². The third-order valence-electron chi connectivity index (χ3n) is 4.11. The van der Waals surface area contributed by atoms with Gasteiger partial charge in [0.25, 0.3) is 0 Å². The van der Waals surface area contributed by atoms with Gasteiger partial charge in [0.15, 0.2) is 11.6 Å². The van der Waals surface area contributed by atoms with E-state index in [1.165, 1.54) is 12.2 Å². The van der Waals surface area contributed by atoms with Crippen molar-refractivity contribution in [1.82, 2.24) is 0 Å². The molecule has 0 heterocycles. The van der Waals surface area contributed by atoms with Gasteiger partial charge >= 0.3 is 0 Å². The molecule has 0 saturated carbocycles. The van der Waals surface area contributed by atoms with Crippen molar-refractivity contribution in [2.75, 3.05) is 10.6 Å². The second kappa shape index (κ2) is 10.7. The van der Waals surface area contributed by atoms with Crippen molar-refractivity contribution < 1.29 is 9.59 Å². The molecule has 4 nitrogen and oxygen atoms in total. The molecule has 0 aliphatic heterocycles. The Balaban J connectivity index is 1.49. The molecule has 3 aromatic rings. The van der Waals surface area contributed by atoms with Gasteiger partial charge in [0, 0.05) is 56.0 Å². The zero-order chi connectivity index (χ0) is 21.3. The first-order valence-corrected chi connectivity index (χ1v) is 10.7. The molecule has 3 rings (SSSR count). The van der Waals surface area contributed by atoms with Crippen LogP contribution in [0.2, 0.25) is 0 Å². The summed E-state index contributed by atoms with van der Waals surface area (Å²) in [6.07, 6.45) is 6.21. The van der Waals surface area contributed by atoms with E-state index < -0.39 is 0 Å². The molecule has 150 valence electrons. The van der Waals surface area contributed by atoms with Crippen molar-refractivity contribution in [1.29, 1.82) is 0 Å². The second-order valence-electron chi connectivity index (χ2n) is 6.27. The molecule has 6 heteroatoms. The number of allylic oxidation sites excluding steroid dienone is 2. The number of ketones is 2. The fourth-order valence-electron chi connectivity index (χ4n) is 2.51. The van der Waals surface area contributed by atoms with E-state index in [1.54, 1.807) is 36.7 Å². The van der Waals surface area contributed by atoms with Gasteiger partial charge in [-0.25, -0.2) is 0 Å². The zero-order valence-corrected chi connectivity index (χ0v) is 19.0. The van der Waals surface area contributed by atoms with E-state index in [1.807, 2.05) is 48.5 Å². The Labute approximate surface area is 192 Å². The number of rotatable bonds is 8. The topological polar surface area (TPSA) is 58.2 Å². The molecule has 30 heavy (non-hydrogen) atoms. The van der Waals surface area contributed by atoms with Crippen LogP contribution in [0.4, 0.5) is 11.4 Å². The quantitative estimate of drug-likeness (QED) is 0.250. The minimum Gasteiger partial charge on any atom is -0.362 e. The van der Waals surface area contributed by atoms with Crippen molar-refractivity contribution >= 4 is 54.8 Å². The Morgan fingerprint density at radius 3 is 1.23 bits per heavy atom. The zero-order valence-electron chi connectivity index (χ0n) is 15.8. The molecular weight excluding hydrogens is 508 g/mol. The minimum atomic E-state index is -0.0751. The summed E-state index contributed by atoms with van der Waals surface area (Å²) in [7, 11) is 0. The number of hydrogen-bond donors (Lipinski definition) is 2. The van der Waals surface area contributed by atoms with Crippen LogP contribution in [0.1, 0.15) is 20.7 Å². The number of carbonyl (C=O) groups excluding carboxylic acids is 2. The number of halogens is 2. The van der Waals surface area contributed by atoms with Crippen molar-refractivity contribution in [2.24, 2.45) is 0 Å². The molecule has 0 amide bonds. The van der Waals surface area contributed by atoms with Gasteiger partial charge in [-0.3, -0.25) is 9.59 Å². The van der Waals surface area contributed by atoms with Gasteiger partial charge in [0.1, 0.15) is 0 Å². The van der Waals surface area contributed by atoms with Crippen LogP contribution in [0.15, 0.2) is 106 Å². The highest BCUT2D eigenvalue weighted by atomic mass is 79.9. The van der Waals surface area contributed by atoms with E-state index >= 15 is 0 Å². The lowest BCUT2D eigenvalue weighted by Gasteiger charge is -2.04. The lowest BCUT2D eigenvalue weighted by atomic mass is 10.1. The molecule has 0 radical (unpaired) electrons. The summed E-state index contributed by atoms with van der Waals surface area (Å²) in [6, 6.07) is 21.9. The van der Waals surface area contributed by atoms with Gasteiger partial charge in [-0.2, -0.15) is 0 Å². The van der Waals surface area contributed by atoms with Crippen molar-refractivity contribution in [3.8, 4) is 0 Å². The number of hydrogen-bond acceptors (Lipinski definition) is 4. The summed E-state index contributed by atoms with van der Waals surface area (Å²) in [5.74, 6) is -0.150. The molecule has 0 fully saturated rings. The third-order valence-corrected chi connectivity index (χ3v) is 5.17. The first-order chi connectivity index (χ1) is 14.5. The first kappa shape index (κ1) is 21.7. The number of nitrogens with one attached hydrogen (secondary N) is 2. The summed E-state index contributed by atoms with van der Waals surface area (Å²) < 4.78 is 1.87. The largest absolute Gasteiger partial charge is 0.362 e. The van der Waals surface area contributed by atoms with E-state index in [-0.39, 0.29) is 11.6 Å². The van der Waals surface area contributed by atoms with Gasteiger partial charge in [-0.15, -0.1) is 0 Å². The highest BCUT2D eigenvalue weighted by Gasteiger charge is 2.01. The van der Waals surface area contributed by atoms with Gasteiger partial charge in [-0.1, -0.05) is 31.9 Å². The average molecular weight is 526 g/mol. The van der Waals surface area contributed by atoms with Crippen LogP contribution in [0.3, 0.4) is 0 Å². The molecule has 0 aliphatic carbocycles. The van der Waals surface area contributed by atoms with Crippen molar-refractivity contribution in [2.45, 2.75) is 0 Å². The average Bonchev–Trinajstić information content (AvgIpc) is 2.75. The van der Waals surface area contributed by atoms with Crippen LogP contribution in [0.5, 0.6) is 0 Å². The van der Waals surface area contributed by atoms with E-state index in [0.717, 1.165) is 20.3 Å². The van der Waals surface area contributed by atoms with E-state index in [4.69, 9.17) is 0 Å². The predicted molar refractivity (Wildman–Crippen MR) is 129 cm³/mol. The van der Waals surface area contributed by atoms with Crippen LogP contribution in [-0.4, -0.2) is 11.6 Å². The number of carbonyl (C=O) groups is 2. The normalized spacial score (nSPS) is 11.0. The molecule has 0 aliphatic rings. The molecule has 0 unspecified atom stereocenters. The Hall–Kier alpha value is -2.96. The van der Waals surface area contributed by atoms with E-state index in [9.17, 15) is 9.59 Å². The maximum atomic E-state index is 12.1. The van der Waals surface area contributed by atoms with Crippen LogP contribution in [0, 0.1) is 0 Å². The standard InChI is InChI=1S/C24H18Br2N2O2/c25-19-5-1-17(2-6-19)23(29)13-15-27-21-9-11-22(12-10-21)28-16-14-24(30)18-3-7-20(26)8-4-18/h1-16,27-28H/b15-13+,16-14+. The monoisotopic (exact) mass is 524 g/mol. The lowest BCUT2D eigenvalue weighted by molar-refractivity contribution is 0.103. The molecule has 0 atom stereocenters. The van der Waals surface area contributed by atoms with Crippen molar-refractivity contribution in [3.63, 3.8) is 0 Å². The predicted octanol–water partition coefficient (Wildman–Crippen LogP) is 6.83. The molecule has 3 aromatic carbocycles. The van der Waals surface area contributed by atoms with E-state index in [0.29, 0.717) is 11.1 Å². The summed E-state index contributed by atoms with van der Waals surface area (Å²) in [5, 5.41) is 6.14. The summed E-state index contributed by atoms with van der Waals surface area (Å²) in [5.41, 5.74) is 2.94. The molecule has 0 spiro atoms. The van der Waals surface area contributed by atoms with Crippen molar-refractivity contribution in [3.05, 3.63) is 117 Å². The fourth-order valence-corrected chi connectivity index (χ4v) is 3.04. The SMILES string of the molecule is O=C(/C=C/Nc1ccc(N/C=C/C(=O)c2ccc(Br)cc2)cc1)c1ccc(Br)cc1. The minimum absolute atomic E-state index is 0.0751. The highest BCUT2D eigenvalue weighted by Crippen LogP contribution is 2.15. The molecule has 0 aromatic heterocycles. The Morgan fingerprint density at radius 1 is 0.567 bits per heavy atom. The van der Waals surface area contributed by atoms with Crippen LogP contribution in [0.25, 0.3) is 0 Å². The fraction of sp³-hybridized carbons (Fsp3) is 0. The maximum Gasteiger partial charge on any atom is 0.187 e. The third kappa shape index (κ3) is 6.54. The summed E-state index contributed by atoms with van der Waals surface area (Å²) in [6.45, 7) is 0. The Bertz CT molecular complexity index is 983. The first-order valence-electron chi connectivity index (χ1n) is 9.07. The molecule has 0 bridgehead atoms. The maximum absolute atomic E-state index is 12.1. The van der Waals surface area contributed by atoms with Crippen LogP contribution in [-0.2, 0) is 0 Å². The molecule has 0 saturated heterocycles.